The number of hydrogen-bond acceptors (Lipinski definition) is 3. The van der Waals surface area contributed by atoms with Gasteiger partial charge in [0.2, 0.25) is 0 Å². The molecular weight excluding hydrogens is 360 g/mol. The van der Waals surface area contributed by atoms with Crippen LogP contribution in [0.5, 0.6) is 0 Å². The Kier molecular flexibility index (Phi) is 3.67. The van der Waals surface area contributed by atoms with E-state index in [1.165, 1.54) is 0 Å². The Balaban J connectivity index is 2.40. The molecule has 0 bridgehead atoms. The van der Waals surface area contributed by atoms with E-state index in [4.69, 9.17) is 0 Å². The predicted molar refractivity (Wildman–Crippen MR) is 72.8 cm³/mol. The van der Waals surface area contributed by atoms with Crippen molar-refractivity contribution in [3.8, 4) is 0 Å². The maximum absolute atomic E-state index is 10.2. The first-order valence-corrected chi connectivity index (χ1v) is 7.59. The zero-order valence-electron chi connectivity index (χ0n) is 7.83. The van der Waals surface area contributed by atoms with E-state index in [1.807, 2.05) is 23.8 Å². The summed E-state index contributed by atoms with van der Waals surface area (Å²) < 4.78 is 2.00. The van der Waals surface area contributed by atoms with E-state index in [1.54, 1.807) is 22.7 Å². The van der Waals surface area contributed by atoms with Crippen molar-refractivity contribution in [3.63, 3.8) is 0 Å². The van der Waals surface area contributed by atoms with E-state index in [2.05, 4.69) is 31.9 Å². The summed E-state index contributed by atoms with van der Waals surface area (Å²) in [6.07, 6.45) is -0.534. The van der Waals surface area contributed by atoms with E-state index >= 15 is 0 Å². The Morgan fingerprint density at radius 2 is 2.00 bits per heavy atom. The van der Waals surface area contributed by atoms with E-state index in [9.17, 15) is 5.11 Å². The van der Waals surface area contributed by atoms with Gasteiger partial charge in [-0.05, 0) is 66.7 Å². The van der Waals surface area contributed by atoms with Crippen LogP contribution in [0.1, 0.15) is 22.8 Å². The molecule has 15 heavy (non-hydrogen) atoms. The normalized spacial score (nSPS) is 13.1. The number of rotatable bonds is 2. The fourth-order valence-electron chi connectivity index (χ4n) is 1.36. The lowest BCUT2D eigenvalue weighted by molar-refractivity contribution is 0.220. The van der Waals surface area contributed by atoms with Gasteiger partial charge >= 0.3 is 0 Å². The van der Waals surface area contributed by atoms with Gasteiger partial charge in [0, 0.05) is 5.56 Å². The molecule has 2 aromatic heterocycles. The molecule has 80 valence electrons. The quantitative estimate of drug-likeness (QED) is 0.813. The van der Waals surface area contributed by atoms with Crippen molar-refractivity contribution in [1.82, 2.24) is 0 Å². The zero-order chi connectivity index (χ0) is 11.0. The Labute approximate surface area is 113 Å². The summed E-state index contributed by atoms with van der Waals surface area (Å²) >= 11 is 10.1. The van der Waals surface area contributed by atoms with Crippen LogP contribution < -0.4 is 0 Å². The summed E-state index contributed by atoms with van der Waals surface area (Å²) in [4.78, 5) is 0. The molecule has 1 N–H and O–H groups in total. The van der Waals surface area contributed by atoms with Gasteiger partial charge in [-0.3, -0.25) is 0 Å². The molecule has 0 aromatic carbocycles. The SMILES string of the molecule is Cc1cscc1C(O)c1cc(Br)sc1Br. The Hall–Kier alpha value is 0.320. The number of aryl methyl sites for hydroxylation is 1. The lowest BCUT2D eigenvalue weighted by Crippen LogP contribution is -1.98. The van der Waals surface area contributed by atoms with Crippen LogP contribution in [-0.2, 0) is 0 Å². The number of hydrogen-bond donors (Lipinski definition) is 1. The summed E-state index contributed by atoms with van der Waals surface area (Å²) in [5.74, 6) is 0. The van der Waals surface area contributed by atoms with Crippen LogP contribution in [0.2, 0.25) is 0 Å². The van der Waals surface area contributed by atoms with E-state index in [0.717, 1.165) is 24.3 Å². The highest BCUT2D eigenvalue weighted by atomic mass is 79.9. The third-order valence-corrected chi connectivity index (χ3v) is 5.43. The summed E-state index contributed by atoms with van der Waals surface area (Å²) in [6.45, 7) is 2.02. The van der Waals surface area contributed by atoms with Crippen LogP contribution in [0.25, 0.3) is 0 Å². The van der Waals surface area contributed by atoms with Crippen LogP contribution in [0.4, 0.5) is 0 Å². The third-order valence-electron chi connectivity index (χ3n) is 2.17. The van der Waals surface area contributed by atoms with Gasteiger partial charge in [0.05, 0.1) is 7.57 Å². The average molecular weight is 368 g/mol. The van der Waals surface area contributed by atoms with Gasteiger partial charge in [-0.2, -0.15) is 11.3 Å². The molecule has 0 aliphatic carbocycles. The fourth-order valence-corrected chi connectivity index (χ4v) is 5.11. The van der Waals surface area contributed by atoms with E-state index < -0.39 is 6.10 Å². The smallest absolute Gasteiger partial charge is 0.107 e. The van der Waals surface area contributed by atoms with Crippen molar-refractivity contribution in [1.29, 1.82) is 0 Å². The van der Waals surface area contributed by atoms with E-state index in [-0.39, 0.29) is 0 Å². The van der Waals surface area contributed by atoms with Gasteiger partial charge in [0.1, 0.15) is 6.10 Å². The van der Waals surface area contributed by atoms with Crippen LogP contribution >= 0.6 is 54.5 Å². The maximum Gasteiger partial charge on any atom is 0.107 e. The molecule has 0 saturated carbocycles. The molecule has 2 aromatic rings. The van der Waals surface area contributed by atoms with Crippen LogP contribution in [-0.4, -0.2) is 5.11 Å². The highest BCUT2D eigenvalue weighted by Crippen LogP contribution is 2.39. The van der Waals surface area contributed by atoms with Gasteiger partial charge in [-0.25, -0.2) is 0 Å². The molecule has 2 rings (SSSR count). The molecule has 0 aliphatic heterocycles. The van der Waals surface area contributed by atoms with Crippen molar-refractivity contribution in [2.45, 2.75) is 13.0 Å². The topological polar surface area (TPSA) is 20.2 Å². The third kappa shape index (κ3) is 2.36. The number of halogens is 2. The lowest BCUT2D eigenvalue weighted by Gasteiger charge is -2.09. The second-order valence-electron chi connectivity index (χ2n) is 3.19. The first kappa shape index (κ1) is 11.8. The highest BCUT2D eigenvalue weighted by molar-refractivity contribution is 9.12. The summed E-state index contributed by atoms with van der Waals surface area (Å²) in [5, 5.41) is 14.3. The Bertz CT molecular complexity index is 475. The molecule has 1 nitrogen and oxygen atoms in total. The molecule has 0 spiro atoms. The molecule has 5 heteroatoms. The molecule has 2 heterocycles. The molecule has 0 amide bonds. The molecule has 0 radical (unpaired) electrons. The average Bonchev–Trinajstić information content (AvgIpc) is 2.71. The van der Waals surface area contributed by atoms with Crippen LogP contribution in [0.15, 0.2) is 24.4 Å². The molecule has 1 atom stereocenters. The van der Waals surface area contributed by atoms with Crippen molar-refractivity contribution >= 4 is 54.5 Å². The van der Waals surface area contributed by atoms with Crippen molar-refractivity contribution in [3.05, 3.63) is 41.1 Å². The minimum absolute atomic E-state index is 0.534. The number of aliphatic hydroxyl groups excluding tert-OH is 1. The second kappa shape index (κ2) is 4.67. The molecule has 0 saturated heterocycles. The minimum atomic E-state index is -0.534. The van der Waals surface area contributed by atoms with Gasteiger partial charge in [0.25, 0.3) is 0 Å². The number of thiophene rings is 2. The van der Waals surface area contributed by atoms with Crippen molar-refractivity contribution in [2.75, 3.05) is 0 Å². The lowest BCUT2D eigenvalue weighted by atomic mass is 10.0. The predicted octanol–water partition coefficient (Wildman–Crippen LogP) is 4.72. The first-order chi connectivity index (χ1) is 7.09. The molecule has 0 fully saturated rings. The van der Waals surface area contributed by atoms with Crippen molar-refractivity contribution in [2.24, 2.45) is 0 Å². The Morgan fingerprint density at radius 1 is 1.27 bits per heavy atom. The van der Waals surface area contributed by atoms with Crippen molar-refractivity contribution < 1.29 is 5.11 Å². The summed E-state index contributed by atoms with van der Waals surface area (Å²) in [6, 6.07) is 1.95. The minimum Gasteiger partial charge on any atom is -0.384 e. The standard InChI is InChI=1S/C10H8Br2OS2/c1-5-3-14-4-7(5)9(13)6-2-8(11)15-10(6)12/h2-4,9,13H,1H3. The van der Waals surface area contributed by atoms with Crippen LogP contribution in [0, 0.1) is 6.92 Å². The second-order valence-corrected chi connectivity index (χ2v) is 7.69. The monoisotopic (exact) mass is 366 g/mol. The van der Waals surface area contributed by atoms with Gasteiger partial charge in [-0.15, -0.1) is 11.3 Å². The molecular formula is C10H8Br2OS2. The molecule has 1 unspecified atom stereocenters. The largest absolute Gasteiger partial charge is 0.384 e. The van der Waals surface area contributed by atoms with Gasteiger partial charge < -0.3 is 5.11 Å². The first-order valence-electron chi connectivity index (χ1n) is 4.25. The summed E-state index contributed by atoms with van der Waals surface area (Å²) in [7, 11) is 0. The number of aliphatic hydroxyl groups is 1. The van der Waals surface area contributed by atoms with E-state index in [0.29, 0.717) is 0 Å². The molecule has 0 aliphatic rings. The fraction of sp³-hybridized carbons (Fsp3) is 0.200. The van der Waals surface area contributed by atoms with Crippen LogP contribution in [0.3, 0.4) is 0 Å². The van der Waals surface area contributed by atoms with Gasteiger partial charge in [-0.1, -0.05) is 0 Å². The Morgan fingerprint density at radius 3 is 2.47 bits per heavy atom. The van der Waals surface area contributed by atoms with Gasteiger partial charge in [0.15, 0.2) is 0 Å². The summed E-state index contributed by atoms with van der Waals surface area (Å²) in [5.41, 5.74) is 3.06. The maximum atomic E-state index is 10.2. The highest BCUT2D eigenvalue weighted by Gasteiger charge is 2.18. The zero-order valence-corrected chi connectivity index (χ0v) is 12.6.